The fourth-order valence-electron chi connectivity index (χ4n) is 2.86. The fourth-order valence-corrected chi connectivity index (χ4v) is 2.86. The second-order valence-corrected chi connectivity index (χ2v) is 5.75. The predicted molar refractivity (Wildman–Crippen MR) is 80.0 cm³/mol. The summed E-state index contributed by atoms with van der Waals surface area (Å²) in [6.45, 7) is 5.51. The topological polar surface area (TPSA) is 102 Å². The summed E-state index contributed by atoms with van der Waals surface area (Å²) < 4.78 is 0. The average Bonchev–Trinajstić information content (AvgIpc) is 2.43. The van der Waals surface area contributed by atoms with Gasteiger partial charge in [0, 0.05) is 25.3 Å². The lowest BCUT2D eigenvalue weighted by atomic mass is 9.86. The van der Waals surface area contributed by atoms with Crippen molar-refractivity contribution in [3.8, 4) is 6.07 Å². The number of nitrogens with one attached hydrogen (secondary N) is 1. The van der Waals surface area contributed by atoms with Gasteiger partial charge in [0.1, 0.15) is 0 Å². The maximum absolute atomic E-state index is 11.5. The van der Waals surface area contributed by atoms with Crippen LogP contribution in [0.5, 0.6) is 0 Å². The van der Waals surface area contributed by atoms with Crippen molar-refractivity contribution in [1.29, 1.82) is 5.26 Å². The van der Waals surface area contributed by atoms with Crippen molar-refractivity contribution < 1.29 is 9.90 Å². The van der Waals surface area contributed by atoms with E-state index in [9.17, 15) is 9.90 Å². The zero-order valence-electron chi connectivity index (χ0n) is 12.3. The van der Waals surface area contributed by atoms with Gasteiger partial charge >= 0.3 is 6.09 Å². The summed E-state index contributed by atoms with van der Waals surface area (Å²) in [7, 11) is 0. The van der Waals surface area contributed by atoms with E-state index in [2.05, 4.69) is 11.4 Å². The van der Waals surface area contributed by atoms with Gasteiger partial charge in [-0.15, -0.1) is 0 Å². The number of carboxylic acid groups (broad SMARTS) is 1. The molecule has 0 radical (unpaired) electrons. The van der Waals surface area contributed by atoms with Crippen LogP contribution in [0.1, 0.15) is 23.6 Å². The second kappa shape index (κ2) is 5.62. The Morgan fingerprint density at radius 3 is 2.95 bits per heavy atom. The quantitative estimate of drug-likeness (QED) is 0.713. The lowest BCUT2D eigenvalue weighted by Crippen LogP contribution is -2.62. The van der Waals surface area contributed by atoms with Gasteiger partial charge in [-0.25, -0.2) is 4.79 Å². The molecule has 6 heteroatoms. The molecular weight excluding hydrogens is 268 g/mol. The van der Waals surface area contributed by atoms with E-state index in [-0.39, 0.29) is 0 Å². The zero-order chi connectivity index (χ0) is 15.6. The Hall–Kier alpha value is -2.26. The smallest absolute Gasteiger partial charge is 0.407 e. The van der Waals surface area contributed by atoms with Gasteiger partial charge in [0.05, 0.1) is 17.2 Å². The molecule has 1 fully saturated rings. The number of nitrogens with zero attached hydrogens (tertiary/aromatic N) is 2. The molecular formula is C15H20N4O2. The van der Waals surface area contributed by atoms with Crippen LogP contribution in [-0.4, -0.2) is 41.3 Å². The fraction of sp³-hybridized carbons (Fsp3) is 0.467. The minimum absolute atomic E-state index is 0.457. The van der Waals surface area contributed by atoms with E-state index in [1.54, 1.807) is 12.1 Å². The summed E-state index contributed by atoms with van der Waals surface area (Å²) in [5.41, 5.74) is 8.30. The molecule has 1 aliphatic heterocycles. The Bertz CT molecular complexity index is 608. The number of nitrogen functional groups attached to an aromatic ring is 1. The van der Waals surface area contributed by atoms with Gasteiger partial charge in [-0.3, -0.25) is 0 Å². The molecule has 1 aromatic rings. The molecule has 112 valence electrons. The van der Waals surface area contributed by atoms with Crippen LogP contribution in [0.25, 0.3) is 0 Å². The number of nitriles is 1. The monoisotopic (exact) mass is 288 g/mol. The van der Waals surface area contributed by atoms with Gasteiger partial charge < -0.3 is 21.1 Å². The minimum atomic E-state index is -0.916. The molecule has 0 saturated carbocycles. The third-order valence-corrected chi connectivity index (χ3v) is 4.16. The molecule has 1 heterocycles. The maximum Gasteiger partial charge on any atom is 0.407 e. The number of rotatable bonds is 2. The maximum atomic E-state index is 11.5. The lowest BCUT2D eigenvalue weighted by Gasteiger charge is -2.44. The van der Waals surface area contributed by atoms with E-state index in [1.807, 2.05) is 13.8 Å². The predicted octanol–water partition coefficient (Wildman–Crippen LogP) is 1.33. The number of amides is 1. The van der Waals surface area contributed by atoms with Gasteiger partial charge in [0.25, 0.3) is 0 Å². The first kappa shape index (κ1) is 15.1. The molecule has 1 atom stereocenters. The number of anilines is 1. The Morgan fingerprint density at radius 1 is 1.62 bits per heavy atom. The number of hydrogen-bond acceptors (Lipinski definition) is 4. The number of hydrogen-bond donors (Lipinski definition) is 3. The molecule has 0 aliphatic carbocycles. The number of benzene rings is 1. The van der Waals surface area contributed by atoms with Crippen molar-refractivity contribution >= 4 is 11.8 Å². The van der Waals surface area contributed by atoms with Crippen molar-refractivity contribution in [2.45, 2.75) is 25.8 Å². The highest BCUT2D eigenvalue weighted by molar-refractivity contribution is 5.66. The summed E-state index contributed by atoms with van der Waals surface area (Å²) in [6.07, 6.45) is -0.390. The third kappa shape index (κ3) is 2.93. The number of nitrogens with two attached hydrogens (primary N) is 1. The zero-order valence-corrected chi connectivity index (χ0v) is 12.3. The highest BCUT2D eigenvalue weighted by Crippen LogP contribution is 2.27. The SMILES string of the molecule is Cc1c(N)cc(C#N)cc1CC1(C)CNCCN1C(=O)O. The van der Waals surface area contributed by atoms with E-state index in [1.165, 1.54) is 4.90 Å². The highest BCUT2D eigenvalue weighted by Gasteiger charge is 2.38. The van der Waals surface area contributed by atoms with Crippen molar-refractivity contribution in [3.63, 3.8) is 0 Å². The summed E-state index contributed by atoms with van der Waals surface area (Å²) in [6, 6.07) is 5.54. The normalized spacial score (nSPS) is 21.9. The number of carbonyl (C=O) groups is 1. The minimum Gasteiger partial charge on any atom is -0.465 e. The summed E-state index contributed by atoms with van der Waals surface area (Å²) >= 11 is 0. The van der Waals surface area contributed by atoms with Crippen molar-refractivity contribution in [3.05, 3.63) is 28.8 Å². The Morgan fingerprint density at radius 2 is 2.33 bits per heavy atom. The van der Waals surface area contributed by atoms with Crippen LogP contribution in [-0.2, 0) is 6.42 Å². The van der Waals surface area contributed by atoms with E-state index >= 15 is 0 Å². The standard InChI is InChI=1S/C15H20N4O2/c1-10-12(5-11(8-16)6-13(10)17)7-15(2)9-18-3-4-19(15)14(20)21/h5-6,18H,3-4,7,9,17H2,1-2H3,(H,20,21). The molecule has 1 saturated heterocycles. The third-order valence-electron chi connectivity index (χ3n) is 4.16. The van der Waals surface area contributed by atoms with Crippen LogP contribution in [0.15, 0.2) is 12.1 Å². The molecule has 6 nitrogen and oxygen atoms in total. The van der Waals surface area contributed by atoms with Crippen LogP contribution in [0.4, 0.5) is 10.5 Å². The Labute approximate surface area is 124 Å². The lowest BCUT2D eigenvalue weighted by molar-refractivity contribution is 0.0667. The van der Waals surface area contributed by atoms with Gasteiger partial charge in [0.2, 0.25) is 0 Å². The van der Waals surface area contributed by atoms with Crippen molar-refractivity contribution in [2.24, 2.45) is 0 Å². The molecule has 0 spiro atoms. The molecule has 1 aromatic carbocycles. The Balaban J connectivity index is 2.37. The van der Waals surface area contributed by atoms with Crippen molar-refractivity contribution in [1.82, 2.24) is 10.2 Å². The van der Waals surface area contributed by atoms with Crippen molar-refractivity contribution in [2.75, 3.05) is 25.4 Å². The largest absolute Gasteiger partial charge is 0.465 e. The first-order valence-corrected chi connectivity index (χ1v) is 6.88. The van der Waals surface area contributed by atoms with E-state index in [4.69, 9.17) is 11.0 Å². The molecule has 2 rings (SSSR count). The molecule has 1 unspecified atom stereocenters. The van der Waals surface area contributed by atoms with Gasteiger partial charge in [-0.1, -0.05) is 0 Å². The average molecular weight is 288 g/mol. The molecule has 1 aliphatic rings. The van der Waals surface area contributed by atoms with Crippen LogP contribution < -0.4 is 11.1 Å². The van der Waals surface area contributed by atoms with E-state index < -0.39 is 11.6 Å². The van der Waals surface area contributed by atoms with E-state index in [0.29, 0.717) is 37.3 Å². The number of piperazine rings is 1. The molecule has 21 heavy (non-hydrogen) atoms. The molecule has 1 amide bonds. The van der Waals surface area contributed by atoms with Crippen LogP contribution in [0, 0.1) is 18.3 Å². The Kier molecular flexibility index (Phi) is 4.05. The molecule has 0 aromatic heterocycles. The van der Waals surface area contributed by atoms with Gasteiger partial charge in [0.15, 0.2) is 0 Å². The summed E-state index contributed by atoms with van der Waals surface area (Å²) in [5, 5.41) is 21.7. The molecule has 4 N–H and O–H groups in total. The first-order valence-electron chi connectivity index (χ1n) is 6.88. The van der Waals surface area contributed by atoms with Crippen LogP contribution in [0.3, 0.4) is 0 Å². The van der Waals surface area contributed by atoms with E-state index in [0.717, 1.165) is 11.1 Å². The summed E-state index contributed by atoms with van der Waals surface area (Å²) in [5.74, 6) is 0. The van der Waals surface area contributed by atoms with Crippen LogP contribution >= 0.6 is 0 Å². The summed E-state index contributed by atoms with van der Waals surface area (Å²) in [4.78, 5) is 12.9. The van der Waals surface area contributed by atoms with Crippen LogP contribution in [0.2, 0.25) is 0 Å². The van der Waals surface area contributed by atoms with Gasteiger partial charge in [-0.05, 0) is 43.5 Å². The highest BCUT2D eigenvalue weighted by atomic mass is 16.4. The molecule has 0 bridgehead atoms. The first-order chi connectivity index (χ1) is 9.87. The second-order valence-electron chi connectivity index (χ2n) is 5.75. The van der Waals surface area contributed by atoms with Gasteiger partial charge in [-0.2, -0.15) is 5.26 Å².